The zero-order valence-electron chi connectivity index (χ0n) is 14.0. The summed E-state index contributed by atoms with van der Waals surface area (Å²) in [5.74, 6) is -1.58. The van der Waals surface area contributed by atoms with Gasteiger partial charge in [-0.3, -0.25) is 9.59 Å². The van der Waals surface area contributed by atoms with Gasteiger partial charge in [-0.15, -0.1) is 0 Å². The Hall–Kier alpha value is -3.42. The quantitative estimate of drug-likeness (QED) is 0.734. The third-order valence-corrected chi connectivity index (χ3v) is 3.20. The molecule has 2 aromatic rings. The number of methoxy groups -OCH3 is 1. The van der Waals surface area contributed by atoms with E-state index in [0.717, 1.165) is 0 Å². The van der Waals surface area contributed by atoms with Crippen molar-refractivity contribution in [1.29, 1.82) is 0 Å². The van der Waals surface area contributed by atoms with Crippen LogP contribution in [-0.4, -0.2) is 38.0 Å². The first-order valence-corrected chi connectivity index (χ1v) is 7.61. The molecule has 2 amide bonds. The van der Waals surface area contributed by atoms with Crippen LogP contribution in [0.4, 0.5) is 10.1 Å². The summed E-state index contributed by atoms with van der Waals surface area (Å²) in [6.45, 7) is -0.587. The number of anilines is 1. The highest BCUT2D eigenvalue weighted by molar-refractivity contribution is 5.94. The molecule has 8 heteroatoms. The van der Waals surface area contributed by atoms with Gasteiger partial charge in [0.15, 0.2) is 6.61 Å². The number of ether oxygens (including phenoxy) is 2. The van der Waals surface area contributed by atoms with Crippen molar-refractivity contribution in [1.82, 2.24) is 5.32 Å². The van der Waals surface area contributed by atoms with Crippen LogP contribution in [-0.2, 0) is 14.3 Å². The third-order valence-electron chi connectivity index (χ3n) is 3.20. The molecule has 2 N–H and O–H groups in total. The maximum Gasteiger partial charge on any atom is 0.337 e. The number of halogens is 1. The molecule has 0 aliphatic carbocycles. The molecule has 0 spiro atoms. The van der Waals surface area contributed by atoms with Crippen LogP contribution >= 0.6 is 0 Å². The monoisotopic (exact) mass is 360 g/mol. The number of nitrogens with one attached hydrogen (secondary N) is 2. The molecule has 26 heavy (non-hydrogen) atoms. The van der Waals surface area contributed by atoms with Gasteiger partial charge in [-0.2, -0.15) is 0 Å². The van der Waals surface area contributed by atoms with Crippen LogP contribution in [0.2, 0.25) is 0 Å². The van der Waals surface area contributed by atoms with E-state index in [0.29, 0.717) is 17.0 Å². The fourth-order valence-corrected chi connectivity index (χ4v) is 1.95. The van der Waals surface area contributed by atoms with Crippen molar-refractivity contribution in [3.05, 3.63) is 59.9 Å². The molecule has 0 aromatic heterocycles. The molecule has 0 unspecified atom stereocenters. The molecular weight excluding hydrogens is 343 g/mol. The molecule has 0 fully saturated rings. The minimum Gasteiger partial charge on any atom is -0.484 e. The van der Waals surface area contributed by atoms with Crippen molar-refractivity contribution in [3.8, 4) is 5.75 Å². The normalized spacial score (nSPS) is 9.92. The largest absolute Gasteiger partial charge is 0.484 e. The van der Waals surface area contributed by atoms with E-state index in [-0.39, 0.29) is 13.2 Å². The van der Waals surface area contributed by atoms with Gasteiger partial charge in [0.2, 0.25) is 5.91 Å². The molecule has 0 saturated heterocycles. The highest BCUT2D eigenvalue weighted by atomic mass is 19.1. The number of hydrogen-bond donors (Lipinski definition) is 2. The van der Waals surface area contributed by atoms with Crippen LogP contribution in [0, 0.1) is 5.82 Å². The van der Waals surface area contributed by atoms with E-state index in [1.807, 2.05) is 0 Å². The highest BCUT2D eigenvalue weighted by Crippen LogP contribution is 2.14. The van der Waals surface area contributed by atoms with E-state index in [9.17, 15) is 18.8 Å². The van der Waals surface area contributed by atoms with Crippen LogP contribution in [0.15, 0.2) is 48.5 Å². The lowest BCUT2D eigenvalue weighted by atomic mass is 10.2. The van der Waals surface area contributed by atoms with Gasteiger partial charge in [0.05, 0.1) is 19.2 Å². The van der Waals surface area contributed by atoms with Gasteiger partial charge in [0, 0.05) is 5.69 Å². The van der Waals surface area contributed by atoms with Gasteiger partial charge in [-0.05, 0) is 42.5 Å². The van der Waals surface area contributed by atoms with Crippen molar-refractivity contribution in [3.63, 3.8) is 0 Å². The Morgan fingerprint density at radius 1 is 1.04 bits per heavy atom. The highest BCUT2D eigenvalue weighted by Gasteiger charge is 2.09. The molecule has 2 aromatic carbocycles. The first-order chi connectivity index (χ1) is 12.5. The van der Waals surface area contributed by atoms with Crippen LogP contribution in [0.3, 0.4) is 0 Å². The zero-order chi connectivity index (χ0) is 18.9. The fourth-order valence-electron chi connectivity index (χ4n) is 1.95. The van der Waals surface area contributed by atoms with Crippen molar-refractivity contribution in [2.45, 2.75) is 0 Å². The molecule has 0 bridgehead atoms. The first kappa shape index (κ1) is 18.9. The number of hydrogen-bond acceptors (Lipinski definition) is 5. The minimum atomic E-state index is -0.516. The smallest absolute Gasteiger partial charge is 0.337 e. The maximum absolute atomic E-state index is 12.8. The summed E-state index contributed by atoms with van der Waals surface area (Å²) in [7, 11) is 1.26. The number of carbonyl (C=O) groups excluding carboxylic acids is 3. The van der Waals surface area contributed by atoms with Crippen LogP contribution in [0.5, 0.6) is 5.75 Å². The van der Waals surface area contributed by atoms with E-state index in [4.69, 9.17) is 4.74 Å². The minimum absolute atomic E-state index is 0.262. The number of amides is 2. The van der Waals surface area contributed by atoms with Crippen LogP contribution in [0.1, 0.15) is 10.4 Å². The van der Waals surface area contributed by atoms with E-state index < -0.39 is 23.6 Å². The summed E-state index contributed by atoms with van der Waals surface area (Å²) in [4.78, 5) is 34.9. The topological polar surface area (TPSA) is 93.7 Å². The molecule has 0 saturated carbocycles. The lowest BCUT2D eigenvalue weighted by molar-refractivity contribution is -0.125. The Balaban J connectivity index is 1.75. The predicted octanol–water partition coefficient (Wildman–Crippen LogP) is 1.75. The van der Waals surface area contributed by atoms with Crippen LogP contribution < -0.4 is 15.4 Å². The second-order valence-electron chi connectivity index (χ2n) is 5.14. The molecule has 0 atom stereocenters. The number of carbonyl (C=O) groups is 3. The van der Waals surface area contributed by atoms with Gasteiger partial charge in [-0.1, -0.05) is 6.07 Å². The molecule has 0 radical (unpaired) electrons. The van der Waals surface area contributed by atoms with E-state index in [1.54, 1.807) is 18.2 Å². The van der Waals surface area contributed by atoms with Crippen LogP contribution in [0.25, 0.3) is 0 Å². The van der Waals surface area contributed by atoms with E-state index in [2.05, 4.69) is 15.4 Å². The molecule has 2 rings (SSSR count). The average molecular weight is 360 g/mol. The van der Waals surface area contributed by atoms with Crippen molar-refractivity contribution in [2.75, 3.05) is 25.6 Å². The number of rotatable bonds is 7. The summed E-state index contributed by atoms with van der Waals surface area (Å²) in [5, 5.41) is 4.90. The molecule has 0 aliphatic rings. The molecule has 0 heterocycles. The van der Waals surface area contributed by atoms with Crippen molar-refractivity contribution < 1.29 is 28.2 Å². The lowest BCUT2D eigenvalue weighted by Gasteiger charge is -2.09. The third kappa shape index (κ3) is 5.90. The fraction of sp³-hybridized carbons (Fsp3) is 0.167. The van der Waals surface area contributed by atoms with Gasteiger partial charge >= 0.3 is 5.97 Å². The Labute approximate surface area is 149 Å². The number of esters is 1. The summed E-state index contributed by atoms with van der Waals surface area (Å²) in [6.07, 6.45) is 0. The first-order valence-electron chi connectivity index (χ1n) is 7.61. The SMILES string of the molecule is COC(=O)c1cccc(OCC(=O)NCC(=O)Nc2ccc(F)cc2)c1. The van der Waals surface area contributed by atoms with Gasteiger partial charge < -0.3 is 20.1 Å². The standard InChI is InChI=1S/C18H17FN2O5/c1-25-18(24)12-3-2-4-15(9-12)26-11-17(23)20-10-16(22)21-14-7-5-13(19)6-8-14/h2-9H,10-11H2,1H3,(H,20,23)(H,21,22). The number of benzene rings is 2. The second kappa shape index (κ2) is 9.16. The summed E-state index contributed by atoms with van der Waals surface area (Å²) in [5.41, 5.74) is 0.714. The van der Waals surface area contributed by atoms with Gasteiger partial charge in [-0.25, -0.2) is 9.18 Å². The average Bonchev–Trinajstić information content (AvgIpc) is 2.66. The van der Waals surface area contributed by atoms with E-state index >= 15 is 0 Å². The summed E-state index contributed by atoms with van der Waals surface area (Å²) >= 11 is 0. The lowest BCUT2D eigenvalue weighted by Crippen LogP contribution is -2.35. The van der Waals surface area contributed by atoms with Crippen molar-refractivity contribution in [2.24, 2.45) is 0 Å². The molecule has 136 valence electrons. The van der Waals surface area contributed by atoms with Crippen molar-refractivity contribution >= 4 is 23.5 Å². The maximum atomic E-state index is 12.8. The summed E-state index contributed by atoms with van der Waals surface area (Å²) in [6, 6.07) is 11.4. The van der Waals surface area contributed by atoms with Gasteiger partial charge in [0.25, 0.3) is 5.91 Å². The molecular formula is C18H17FN2O5. The Bertz CT molecular complexity index is 792. The predicted molar refractivity (Wildman–Crippen MR) is 91.3 cm³/mol. The Morgan fingerprint density at radius 3 is 2.46 bits per heavy atom. The Morgan fingerprint density at radius 2 is 1.77 bits per heavy atom. The Kier molecular flexibility index (Phi) is 6.67. The zero-order valence-corrected chi connectivity index (χ0v) is 14.0. The summed E-state index contributed by atoms with van der Waals surface area (Å²) < 4.78 is 22.7. The second-order valence-corrected chi connectivity index (χ2v) is 5.14. The van der Waals surface area contributed by atoms with E-state index in [1.165, 1.54) is 37.4 Å². The van der Waals surface area contributed by atoms with Gasteiger partial charge in [0.1, 0.15) is 11.6 Å². The molecule has 0 aliphatic heterocycles. The molecule has 7 nitrogen and oxygen atoms in total.